The number of benzene rings is 1. The number of aromatic nitrogens is 2. The third-order valence-electron chi connectivity index (χ3n) is 3.20. The number of rotatable bonds is 2. The minimum absolute atomic E-state index is 0.243. The second-order valence-corrected chi connectivity index (χ2v) is 4.62. The molecule has 1 aromatic heterocycles. The van der Waals surface area contributed by atoms with Crippen molar-refractivity contribution in [2.24, 2.45) is 0 Å². The highest BCUT2D eigenvalue weighted by Gasteiger charge is 2.25. The van der Waals surface area contributed by atoms with Crippen LogP contribution in [0.4, 0.5) is 0 Å². The van der Waals surface area contributed by atoms with Crippen molar-refractivity contribution >= 4 is 0 Å². The van der Waals surface area contributed by atoms with Gasteiger partial charge in [0.2, 0.25) is 0 Å². The van der Waals surface area contributed by atoms with Gasteiger partial charge in [-0.2, -0.15) is 4.98 Å². The fourth-order valence-electron chi connectivity index (χ4n) is 2.09. The molecule has 3 heteroatoms. The lowest BCUT2D eigenvalue weighted by molar-refractivity contribution is 0.950. The largest absolute Gasteiger partial charge is 0.345 e. The number of aromatic amines is 1. The zero-order valence-electron chi connectivity index (χ0n) is 9.73. The summed E-state index contributed by atoms with van der Waals surface area (Å²) in [6, 6.07) is 10.0. The first-order valence-corrected chi connectivity index (χ1v) is 5.91. The lowest BCUT2D eigenvalue weighted by atomic mass is 10.0. The maximum Gasteiger partial charge on any atom is 0.345 e. The maximum atomic E-state index is 11.6. The van der Waals surface area contributed by atoms with Crippen LogP contribution in [0.25, 0.3) is 11.3 Å². The molecule has 0 spiro atoms. The van der Waals surface area contributed by atoms with E-state index < -0.39 is 0 Å². The molecule has 1 aliphatic rings. The summed E-state index contributed by atoms with van der Waals surface area (Å²) in [5.74, 6) is 0.536. The van der Waals surface area contributed by atoms with E-state index in [1.807, 2.05) is 37.3 Å². The molecule has 1 heterocycles. The van der Waals surface area contributed by atoms with E-state index in [9.17, 15) is 4.79 Å². The Morgan fingerprint density at radius 1 is 1.29 bits per heavy atom. The van der Waals surface area contributed by atoms with Gasteiger partial charge in [0.15, 0.2) is 0 Å². The van der Waals surface area contributed by atoms with E-state index in [0.29, 0.717) is 5.92 Å². The van der Waals surface area contributed by atoms with Crippen LogP contribution in [0.2, 0.25) is 0 Å². The van der Waals surface area contributed by atoms with Crippen molar-refractivity contribution in [2.45, 2.75) is 25.7 Å². The number of nitrogens with zero attached hydrogens (tertiary/aromatic N) is 1. The van der Waals surface area contributed by atoms with E-state index in [2.05, 4.69) is 9.97 Å². The Labute approximate surface area is 99.5 Å². The van der Waals surface area contributed by atoms with Crippen molar-refractivity contribution in [1.82, 2.24) is 9.97 Å². The molecule has 3 rings (SSSR count). The van der Waals surface area contributed by atoms with Gasteiger partial charge in [0, 0.05) is 11.3 Å². The summed E-state index contributed by atoms with van der Waals surface area (Å²) in [4.78, 5) is 18.5. The molecule has 1 saturated carbocycles. The van der Waals surface area contributed by atoms with Crippen LogP contribution in [0.5, 0.6) is 0 Å². The molecule has 0 radical (unpaired) electrons. The molecule has 0 saturated heterocycles. The quantitative estimate of drug-likeness (QED) is 0.855. The average molecular weight is 226 g/mol. The van der Waals surface area contributed by atoms with Crippen LogP contribution in [-0.4, -0.2) is 9.97 Å². The van der Waals surface area contributed by atoms with Crippen LogP contribution >= 0.6 is 0 Å². The van der Waals surface area contributed by atoms with E-state index >= 15 is 0 Å². The molecule has 1 N–H and O–H groups in total. The molecule has 0 aliphatic heterocycles. The van der Waals surface area contributed by atoms with Gasteiger partial charge in [0.25, 0.3) is 0 Å². The summed E-state index contributed by atoms with van der Waals surface area (Å²) in [5, 5.41) is 0. The summed E-state index contributed by atoms with van der Waals surface area (Å²) < 4.78 is 0. The summed E-state index contributed by atoms with van der Waals surface area (Å²) in [7, 11) is 0. The smallest absolute Gasteiger partial charge is 0.309 e. The lowest BCUT2D eigenvalue weighted by Gasteiger charge is -2.06. The first kappa shape index (κ1) is 10.3. The summed E-state index contributed by atoms with van der Waals surface area (Å²) in [6.45, 7) is 2.04. The molecular formula is C14H14N2O. The molecular weight excluding hydrogens is 212 g/mol. The highest BCUT2D eigenvalue weighted by atomic mass is 16.1. The van der Waals surface area contributed by atoms with Crippen molar-refractivity contribution in [3.63, 3.8) is 0 Å². The Balaban J connectivity index is 2.14. The predicted octanol–water partition coefficient (Wildman–Crippen LogP) is 2.62. The van der Waals surface area contributed by atoms with Crippen molar-refractivity contribution < 1.29 is 0 Å². The molecule has 1 aromatic carbocycles. The maximum absolute atomic E-state index is 11.6. The van der Waals surface area contributed by atoms with Gasteiger partial charge >= 0.3 is 5.69 Å². The minimum atomic E-state index is -0.243. The molecule has 86 valence electrons. The lowest BCUT2D eigenvalue weighted by Crippen LogP contribution is -2.13. The first-order chi connectivity index (χ1) is 8.24. The zero-order valence-corrected chi connectivity index (χ0v) is 9.73. The van der Waals surface area contributed by atoms with Gasteiger partial charge in [-0.15, -0.1) is 0 Å². The fraction of sp³-hybridized carbons (Fsp3) is 0.286. The molecule has 1 aliphatic carbocycles. The van der Waals surface area contributed by atoms with Gasteiger partial charge in [-0.25, -0.2) is 4.79 Å². The Kier molecular flexibility index (Phi) is 2.32. The van der Waals surface area contributed by atoms with Crippen LogP contribution in [0.15, 0.2) is 35.1 Å². The van der Waals surface area contributed by atoms with Gasteiger partial charge in [0.05, 0.1) is 5.69 Å². The van der Waals surface area contributed by atoms with Crippen LogP contribution < -0.4 is 5.69 Å². The Hall–Kier alpha value is -1.90. The molecule has 2 aromatic rings. The van der Waals surface area contributed by atoms with Crippen molar-refractivity contribution in [3.05, 3.63) is 52.1 Å². The SMILES string of the molecule is Cc1ccccc1-c1cc(C2CC2)[nH]c(=O)n1. The number of hydrogen-bond acceptors (Lipinski definition) is 2. The molecule has 0 bridgehead atoms. The Morgan fingerprint density at radius 2 is 2.06 bits per heavy atom. The van der Waals surface area contributed by atoms with Crippen LogP contribution in [0.3, 0.4) is 0 Å². The van der Waals surface area contributed by atoms with Crippen LogP contribution in [0.1, 0.15) is 30.0 Å². The topological polar surface area (TPSA) is 45.8 Å². The monoisotopic (exact) mass is 226 g/mol. The van der Waals surface area contributed by atoms with E-state index in [1.54, 1.807) is 0 Å². The second kappa shape index (κ2) is 3.84. The zero-order chi connectivity index (χ0) is 11.8. The van der Waals surface area contributed by atoms with Crippen molar-refractivity contribution in [1.29, 1.82) is 0 Å². The summed E-state index contributed by atoms with van der Waals surface area (Å²) >= 11 is 0. The molecule has 0 amide bonds. The normalized spacial score (nSPS) is 14.9. The van der Waals surface area contributed by atoms with Crippen molar-refractivity contribution in [3.8, 4) is 11.3 Å². The van der Waals surface area contributed by atoms with Crippen LogP contribution in [0, 0.1) is 6.92 Å². The number of aryl methyl sites for hydroxylation is 1. The molecule has 3 nitrogen and oxygen atoms in total. The number of hydrogen-bond donors (Lipinski definition) is 1. The predicted molar refractivity (Wildman–Crippen MR) is 67.0 cm³/mol. The molecule has 1 fully saturated rings. The molecule has 0 unspecified atom stereocenters. The van der Waals surface area contributed by atoms with E-state index in [1.165, 1.54) is 12.8 Å². The molecule has 17 heavy (non-hydrogen) atoms. The average Bonchev–Trinajstić information content (AvgIpc) is 3.12. The van der Waals surface area contributed by atoms with Gasteiger partial charge in [-0.3, -0.25) is 0 Å². The standard InChI is InChI=1S/C14H14N2O/c1-9-4-2-3-5-11(9)13-8-12(10-6-7-10)15-14(17)16-13/h2-5,8,10H,6-7H2,1H3,(H,15,16,17). The van der Waals surface area contributed by atoms with Gasteiger partial charge in [-0.05, 0) is 37.3 Å². The summed E-state index contributed by atoms with van der Waals surface area (Å²) in [5.41, 5.74) is 3.76. The van der Waals surface area contributed by atoms with Crippen molar-refractivity contribution in [2.75, 3.05) is 0 Å². The van der Waals surface area contributed by atoms with E-state index in [-0.39, 0.29) is 5.69 Å². The Morgan fingerprint density at radius 3 is 2.76 bits per heavy atom. The third-order valence-corrected chi connectivity index (χ3v) is 3.20. The summed E-state index contributed by atoms with van der Waals surface area (Å²) in [6.07, 6.45) is 2.35. The minimum Gasteiger partial charge on any atom is -0.309 e. The highest BCUT2D eigenvalue weighted by Crippen LogP contribution is 2.39. The Bertz CT molecular complexity index is 612. The fourth-order valence-corrected chi connectivity index (χ4v) is 2.09. The number of H-pyrrole nitrogens is 1. The number of nitrogens with one attached hydrogen (secondary N) is 1. The van der Waals surface area contributed by atoms with Gasteiger partial charge in [0.1, 0.15) is 0 Å². The third kappa shape index (κ3) is 2.00. The van der Waals surface area contributed by atoms with Crippen LogP contribution in [-0.2, 0) is 0 Å². The second-order valence-electron chi connectivity index (χ2n) is 4.62. The van der Waals surface area contributed by atoms with Gasteiger partial charge < -0.3 is 4.98 Å². The highest BCUT2D eigenvalue weighted by molar-refractivity contribution is 5.63. The van der Waals surface area contributed by atoms with E-state index in [0.717, 1.165) is 22.5 Å². The van der Waals surface area contributed by atoms with Gasteiger partial charge in [-0.1, -0.05) is 24.3 Å². The first-order valence-electron chi connectivity index (χ1n) is 5.91. The molecule has 0 atom stereocenters. The van der Waals surface area contributed by atoms with E-state index in [4.69, 9.17) is 0 Å².